The highest BCUT2D eigenvalue weighted by molar-refractivity contribution is 5.89. The minimum absolute atomic E-state index is 0.0626. The third-order valence-electron chi connectivity index (χ3n) is 2.20. The van der Waals surface area contributed by atoms with Crippen LogP contribution >= 0.6 is 0 Å². The number of urea groups is 1. The topological polar surface area (TPSA) is 64.9 Å². The van der Waals surface area contributed by atoms with Gasteiger partial charge in [0.25, 0.3) is 0 Å². The third-order valence-corrected chi connectivity index (χ3v) is 2.20. The van der Waals surface area contributed by atoms with E-state index < -0.39 is 17.8 Å². The molecule has 1 aromatic rings. The Balaban J connectivity index is 2.53. The van der Waals surface area contributed by atoms with Gasteiger partial charge in [-0.25, -0.2) is 4.79 Å². The molecule has 0 unspecified atom stereocenters. The van der Waals surface area contributed by atoms with Gasteiger partial charge in [0, 0.05) is 18.7 Å². The molecule has 0 radical (unpaired) electrons. The Morgan fingerprint density at radius 3 is 2.74 bits per heavy atom. The number of nitrogens with zero attached hydrogens (tertiary/aromatic N) is 1. The lowest BCUT2D eigenvalue weighted by molar-refractivity contribution is -0.137. The minimum Gasteiger partial charge on any atom is -0.338 e. The van der Waals surface area contributed by atoms with E-state index in [0.717, 1.165) is 12.1 Å². The van der Waals surface area contributed by atoms with Crippen molar-refractivity contribution in [2.45, 2.75) is 19.0 Å². The zero-order valence-electron chi connectivity index (χ0n) is 9.92. The lowest BCUT2D eigenvalue weighted by Gasteiger charge is -2.10. The molecule has 0 bridgehead atoms. The molecule has 0 aliphatic rings. The van der Waals surface area contributed by atoms with Crippen molar-refractivity contribution < 1.29 is 18.0 Å². The van der Waals surface area contributed by atoms with Crippen LogP contribution in [0.15, 0.2) is 24.3 Å². The van der Waals surface area contributed by atoms with Crippen LogP contribution in [0, 0.1) is 11.3 Å². The molecule has 0 spiro atoms. The predicted molar refractivity (Wildman–Crippen MR) is 63.3 cm³/mol. The Kier molecular flexibility index (Phi) is 5.18. The Bertz CT molecular complexity index is 480. The fraction of sp³-hybridized carbons (Fsp3) is 0.333. The molecule has 19 heavy (non-hydrogen) atoms. The van der Waals surface area contributed by atoms with Crippen LogP contribution in [0.25, 0.3) is 0 Å². The summed E-state index contributed by atoms with van der Waals surface area (Å²) in [6.07, 6.45) is -3.64. The highest BCUT2D eigenvalue weighted by atomic mass is 19.4. The number of halogens is 3. The molecular weight excluding hydrogens is 259 g/mol. The number of alkyl halides is 3. The van der Waals surface area contributed by atoms with E-state index >= 15 is 0 Å². The summed E-state index contributed by atoms with van der Waals surface area (Å²) >= 11 is 0. The van der Waals surface area contributed by atoms with E-state index in [2.05, 4.69) is 10.6 Å². The van der Waals surface area contributed by atoms with Gasteiger partial charge in [0.1, 0.15) is 0 Å². The molecule has 0 atom stereocenters. The summed E-state index contributed by atoms with van der Waals surface area (Å²) in [7, 11) is 0. The number of nitrogens with one attached hydrogen (secondary N) is 2. The lowest BCUT2D eigenvalue weighted by Crippen LogP contribution is -2.29. The fourth-order valence-electron chi connectivity index (χ4n) is 1.32. The second-order valence-corrected chi connectivity index (χ2v) is 3.72. The van der Waals surface area contributed by atoms with Gasteiger partial charge >= 0.3 is 12.2 Å². The molecule has 7 heteroatoms. The molecule has 2 amide bonds. The molecular formula is C12H12F3N3O. The van der Waals surface area contributed by atoms with Crippen LogP contribution in [-0.2, 0) is 6.18 Å². The van der Waals surface area contributed by atoms with Crippen LogP contribution in [0.5, 0.6) is 0 Å². The average Bonchev–Trinajstić information content (AvgIpc) is 2.34. The van der Waals surface area contributed by atoms with Crippen molar-refractivity contribution in [3.05, 3.63) is 29.8 Å². The van der Waals surface area contributed by atoms with Crippen LogP contribution in [0.4, 0.5) is 23.7 Å². The maximum atomic E-state index is 12.4. The van der Waals surface area contributed by atoms with Crippen LogP contribution < -0.4 is 10.6 Å². The van der Waals surface area contributed by atoms with Gasteiger partial charge in [0.2, 0.25) is 0 Å². The normalized spacial score (nSPS) is 10.6. The first-order chi connectivity index (χ1) is 8.93. The molecule has 102 valence electrons. The molecule has 2 N–H and O–H groups in total. The van der Waals surface area contributed by atoms with E-state index in [0.29, 0.717) is 19.4 Å². The van der Waals surface area contributed by atoms with Crippen LogP contribution in [0.2, 0.25) is 0 Å². The van der Waals surface area contributed by atoms with E-state index in [1.54, 1.807) is 0 Å². The van der Waals surface area contributed by atoms with E-state index in [4.69, 9.17) is 5.26 Å². The summed E-state index contributed by atoms with van der Waals surface area (Å²) in [6, 6.07) is 5.68. The van der Waals surface area contributed by atoms with E-state index in [1.807, 2.05) is 6.07 Å². The molecule has 0 saturated carbocycles. The van der Waals surface area contributed by atoms with Gasteiger partial charge < -0.3 is 10.6 Å². The van der Waals surface area contributed by atoms with Gasteiger partial charge in [-0.1, -0.05) is 6.07 Å². The number of carbonyl (C=O) groups is 1. The quantitative estimate of drug-likeness (QED) is 0.826. The van der Waals surface area contributed by atoms with Crippen molar-refractivity contribution in [1.29, 1.82) is 5.26 Å². The second-order valence-electron chi connectivity index (χ2n) is 3.72. The smallest absolute Gasteiger partial charge is 0.338 e. The molecule has 0 heterocycles. The summed E-state index contributed by atoms with van der Waals surface area (Å²) in [5.41, 5.74) is -0.762. The minimum atomic E-state index is -4.44. The Morgan fingerprint density at radius 1 is 1.37 bits per heavy atom. The van der Waals surface area contributed by atoms with Crippen molar-refractivity contribution in [3.63, 3.8) is 0 Å². The number of carbonyl (C=O) groups excluding carboxylic acids is 1. The summed E-state index contributed by atoms with van der Waals surface area (Å²) < 4.78 is 37.3. The van der Waals surface area contributed by atoms with E-state index in [9.17, 15) is 18.0 Å². The standard InChI is InChI=1S/C12H12F3N3O/c13-12(14,15)9-4-3-5-10(8-9)18-11(19)17-7-2-1-6-16/h3-5,8H,1-2,7H2,(H2,17,18,19). The molecule has 1 aromatic carbocycles. The number of hydrogen-bond acceptors (Lipinski definition) is 2. The van der Waals surface area contributed by atoms with Crippen molar-refractivity contribution >= 4 is 11.7 Å². The Labute approximate surface area is 108 Å². The average molecular weight is 271 g/mol. The Morgan fingerprint density at radius 2 is 2.11 bits per heavy atom. The highest BCUT2D eigenvalue weighted by Gasteiger charge is 2.30. The van der Waals surface area contributed by atoms with E-state index in [1.165, 1.54) is 12.1 Å². The second kappa shape index (κ2) is 6.64. The van der Waals surface area contributed by atoms with Crippen molar-refractivity contribution in [1.82, 2.24) is 5.32 Å². The number of unbranched alkanes of at least 4 members (excludes halogenated alkanes) is 1. The van der Waals surface area contributed by atoms with Gasteiger partial charge in [0.15, 0.2) is 0 Å². The van der Waals surface area contributed by atoms with Gasteiger partial charge in [-0.3, -0.25) is 0 Å². The SMILES string of the molecule is N#CCCCNC(=O)Nc1cccc(C(F)(F)F)c1. The summed E-state index contributed by atoms with van der Waals surface area (Å²) in [4.78, 5) is 11.4. The highest BCUT2D eigenvalue weighted by Crippen LogP contribution is 2.30. The van der Waals surface area contributed by atoms with Gasteiger partial charge in [-0.15, -0.1) is 0 Å². The number of amides is 2. The lowest BCUT2D eigenvalue weighted by atomic mass is 10.2. The molecule has 0 fully saturated rings. The van der Waals surface area contributed by atoms with Crippen molar-refractivity contribution in [2.75, 3.05) is 11.9 Å². The van der Waals surface area contributed by atoms with Crippen LogP contribution in [-0.4, -0.2) is 12.6 Å². The predicted octanol–water partition coefficient (Wildman–Crippen LogP) is 3.13. The first-order valence-corrected chi connectivity index (χ1v) is 5.52. The zero-order chi connectivity index (χ0) is 14.3. The third kappa shape index (κ3) is 5.29. The molecule has 0 aromatic heterocycles. The maximum Gasteiger partial charge on any atom is 0.416 e. The van der Waals surface area contributed by atoms with Crippen molar-refractivity contribution in [2.24, 2.45) is 0 Å². The maximum absolute atomic E-state index is 12.4. The zero-order valence-corrected chi connectivity index (χ0v) is 9.92. The van der Waals surface area contributed by atoms with Gasteiger partial charge in [-0.2, -0.15) is 18.4 Å². The molecule has 0 saturated heterocycles. The number of anilines is 1. The number of benzene rings is 1. The molecule has 0 aliphatic carbocycles. The Hall–Kier alpha value is -2.23. The largest absolute Gasteiger partial charge is 0.416 e. The fourth-order valence-corrected chi connectivity index (χ4v) is 1.32. The van der Waals surface area contributed by atoms with Gasteiger partial charge in [-0.05, 0) is 24.6 Å². The van der Waals surface area contributed by atoms with Gasteiger partial charge in [0.05, 0.1) is 11.6 Å². The number of nitriles is 1. The van der Waals surface area contributed by atoms with Crippen LogP contribution in [0.3, 0.4) is 0 Å². The summed E-state index contributed by atoms with van der Waals surface area (Å²) in [5, 5.41) is 13.0. The first-order valence-electron chi connectivity index (χ1n) is 5.52. The summed E-state index contributed by atoms with van der Waals surface area (Å²) in [6.45, 7) is 0.290. The van der Waals surface area contributed by atoms with Crippen LogP contribution in [0.1, 0.15) is 18.4 Å². The monoisotopic (exact) mass is 271 g/mol. The number of rotatable bonds is 4. The molecule has 1 rings (SSSR count). The van der Waals surface area contributed by atoms with Crippen molar-refractivity contribution in [3.8, 4) is 6.07 Å². The summed E-state index contributed by atoms with van der Waals surface area (Å²) in [5.74, 6) is 0. The molecule has 4 nitrogen and oxygen atoms in total. The first kappa shape index (κ1) is 14.8. The molecule has 0 aliphatic heterocycles. The van der Waals surface area contributed by atoms with E-state index in [-0.39, 0.29) is 5.69 Å². The number of hydrogen-bond donors (Lipinski definition) is 2.